The Balaban J connectivity index is 1.40. The number of carbonyl (C=O) groups excluding carboxylic acids is 1. The molecule has 2 N–H and O–H groups in total. The van der Waals surface area contributed by atoms with E-state index in [4.69, 9.17) is 0 Å². The third kappa shape index (κ3) is 3.68. The molecule has 1 aromatic carbocycles. The molecule has 0 aliphatic carbocycles. The third-order valence-electron chi connectivity index (χ3n) is 5.51. The van der Waals surface area contributed by atoms with Gasteiger partial charge in [-0.05, 0) is 68.5 Å². The minimum absolute atomic E-state index is 0.0599. The Bertz CT molecular complexity index is 952. The van der Waals surface area contributed by atoms with Crippen molar-refractivity contribution in [3.8, 4) is 0 Å². The summed E-state index contributed by atoms with van der Waals surface area (Å²) < 4.78 is 0. The third-order valence-corrected chi connectivity index (χ3v) is 5.51. The zero-order valence-electron chi connectivity index (χ0n) is 16.0. The Labute approximate surface area is 159 Å². The topological polar surface area (TPSA) is 61.0 Å². The van der Waals surface area contributed by atoms with E-state index in [1.165, 1.54) is 24.8 Å². The van der Waals surface area contributed by atoms with E-state index in [9.17, 15) is 4.79 Å². The maximum absolute atomic E-state index is 12.5. The second-order valence-electron chi connectivity index (χ2n) is 7.39. The molecule has 3 aromatic rings. The fraction of sp³-hybridized carbons (Fsp3) is 0.364. The normalized spacial score (nSPS) is 14.5. The molecule has 4 rings (SSSR count). The van der Waals surface area contributed by atoms with Crippen LogP contribution < -0.4 is 10.2 Å². The van der Waals surface area contributed by atoms with Crippen LogP contribution in [0.3, 0.4) is 0 Å². The first-order valence-corrected chi connectivity index (χ1v) is 9.69. The van der Waals surface area contributed by atoms with Gasteiger partial charge in [0.1, 0.15) is 5.82 Å². The molecule has 0 bridgehead atoms. The van der Waals surface area contributed by atoms with Crippen molar-refractivity contribution >= 4 is 22.6 Å². The van der Waals surface area contributed by atoms with Gasteiger partial charge >= 0.3 is 0 Å². The average Bonchev–Trinajstić information content (AvgIpc) is 3.00. The van der Waals surface area contributed by atoms with Crippen LogP contribution in [0.2, 0.25) is 0 Å². The molecular formula is C22H26N4O. The second-order valence-corrected chi connectivity index (χ2v) is 7.39. The van der Waals surface area contributed by atoms with E-state index < -0.39 is 0 Å². The first-order chi connectivity index (χ1) is 13.1. The van der Waals surface area contributed by atoms with Crippen LogP contribution in [-0.4, -0.2) is 29.0 Å². The van der Waals surface area contributed by atoms with Crippen molar-refractivity contribution in [3.63, 3.8) is 0 Å². The number of aromatic amines is 1. The van der Waals surface area contributed by atoms with Gasteiger partial charge in [0.05, 0.1) is 0 Å². The van der Waals surface area contributed by atoms with Crippen LogP contribution in [0.25, 0.3) is 10.9 Å². The summed E-state index contributed by atoms with van der Waals surface area (Å²) in [6, 6.07) is 9.91. The number of pyridine rings is 1. The quantitative estimate of drug-likeness (QED) is 0.734. The van der Waals surface area contributed by atoms with Crippen molar-refractivity contribution in [3.05, 3.63) is 58.9 Å². The van der Waals surface area contributed by atoms with E-state index in [0.29, 0.717) is 12.1 Å². The number of nitrogens with one attached hydrogen (secondary N) is 2. The lowest BCUT2D eigenvalue weighted by Crippen LogP contribution is -2.30. The van der Waals surface area contributed by atoms with Gasteiger partial charge in [-0.1, -0.05) is 6.07 Å². The van der Waals surface area contributed by atoms with Crippen molar-refractivity contribution in [2.24, 2.45) is 0 Å². The molecule has 1 amide bonds. The van der Waals surface area contributed by atoms with Gasteiger partial charge in [0.15, 0.2) is 0 Å². The zero-order valence-corrected chi connectivity index (χ0v) is 16.0. The predicted octanol–water partition coefficient (Wildman–Crippen LogP) is 4.10. The Kier molecular flexibility index (Phi) is 4.84. The van der Waals surface area contributed by atoms with E-state index in [-0.39, 0.29) is 5.91 Å². The molecule has 1 aliphatic rings. The number of hydrogen-bond acceptors (Lipinski definition) is 3. The fourth-order valence-electron chi connectivity index (χ4n) is 3.72. The van der Waals surface area contributed by atoms with E-state index in [2.05, 4.69) is 46.2 Å². The number of rotatable bonds is 4. The van der Waals surface area contributed by atoms with Gasteiger partial charge in [0.25, 0.3) is 5.91 Å². The lowest BCUT2D eigenvalue weighted by Gasteiger charge is -2.27. The zero-order chi connectivity index (χ0) is 18.8. The summed E-state index contributed by atoms with van der Waals surface area (Å²) in [6.45, 7) is 6.78. The van der Waals surface area contributed by atoms with E-state index >= 15 is 0 Å². The predicted molar refractivity (Wildman–Crippen MR) is 109 cm³/mol. The smallest absolute Gasteiger partial charge is 0.251 e. The molecule has 3 heterocycles. The fourth-order valence-corrected chi connectivity index (χ4v) is 3.72. The molecular weight excluding hydrogens is 336 g/mol. The van der Waals surface area contributed by atoms with Crippen molar-refractivity contribution in [2.45, 2.75) is 39.7 Å². The molecule has 1 aliphatic heterocycles. The van der Waals surface area contributed by atoms with Crippen LogP contribution in [-0.2, 0) is 6.54 Å². The van der Waals surface area contributed by atoms with Crippen LogP contribution >= 0.6 is 0 Å². The summed E-state index contributed by atoms with van der Waals surface area (Å²) in [7, 11) is 0. The Morgan fingerprint density at radius 2 is 1.96 bits per heavy atom. The number of benzene rings is 1. The van der Waals surface area contributed by atoms with Gasteiger partial charge in [-0.3, -0.25) is 4.79 Å². The van der Waals surface area contributed by atoms with Gasteiger partial charge in [-0.15, -0.1) is 0 Å². The average molecular weight is 362 g/mol. The Morgan fingerprint density at radius 1 is 1.15 bits per heavy atom. The number of H-pyrrole nitrogens is 1. The minimum atomic E-state index is -0.0599. The van der Waals surface area contributed by atoms with E-state index in [0.717, 1.165) is 41.1 Å². The summed E-state index contributed by atoms with van der Waals surface area (Å²) >= 11 is 0. The highest BCUT2D eigenvalue weighted by molar-refractivity contribution is 5.99. The van der Waals surface area contributed by atoms with Crippen molar-refractivity contribution < 1.29 is 4.79 Å². The maximum atomic E-state index is 12.5. The summed E-state index contributed by atoms with van der Waals surface area (Å²) in [5.74, 6) is 0.976. The number of aromatic nitrogens is 2. The molecule has 27 heavy (non-hydrogen) atoms. The summed E-state index contributed by atoms with van der Waals surface area (Å²) in [5, 5.41) is 4.11. The van der Waals surface area contributed by atoms with Gasteiger partial charge in [0.2, 0.25) is 0 Å². The molecule has 1 saturated heterocycles. The van der Waals surface area contributed by atoms with Crippen LogP contribution in [0, 0.1) is 13.8 Å². The lowest BCUT2D eigenvalue weighted by atomic mass is 10.1. The molecule has 2 aromatic heterocycles. The summed E-state index contributed by atoms with van der Waals surface area (Å²) in [5.41, 5.74) is 5.10. The molecule has 140 valence electrons. The van der Waals surface area contributed by atoms with Crippen molar-refractivity contribution in [1.82, 2.24) is 15.3 Å². The highest BCUT2D eigenvalue weighted by Crippen LogP contribution is 2.22. The number of piperidine rings is 1. The SMILES string of the molecule is Cc1[nH]c2ccc(C(=O)NCc3ccc(N4CCCCC4)nc3)cc2c1C. The molecule has 0 spiro atoms. The second kappa shape index (κ2) is 7.43. The number of fused-ring (bicyclic) bond motifs is 1. The summed E-state index contributed by atoms with van der Waals surface area (Å²) in [4.78, 5) is 22.8. The van der Waals surface area contributed by atoms with Crippen LogP contribution in [0.4, 0.5) is 5.82 Å². The van der Waals surface area contributed by atoms with Gasteiger partial charge in [-0.25, -0.2) is 4.98 Å². The lowest BCUT2D eigenvalue weighted by molar-refractivity contribution is 0.0951. The number of nitrogens with zero attached hydrogens (tertiary/aromatic N) is 2. The molecule has 0 unspecified atom stereocenters. The standard InChI is InChI=1S/C22H26N4O/c1-15-16(2)25-20-8-7-18(12-19(15)20)22(27)24-14-17-6-9-21(23-13-17)26-10-4-3-5-11-26/h6-9,12-13,25H,3-5,10-11,14H2,1-2H3,(H,24,27). The minimum Gasteiger partial charge on any atom is -0.358 e. The number of amides is 1. The Hall–Kier alpha value is -2.82. The highest BCUT2D eigenvalue weighted by Gasteiger charge is 2.12. The van der Waals surface area contributed by atoms with Crippen molar-refractivity contribution in [2.75, 3.05) is 18.0 Å². The first kappa shape index (κ1) is 17.6. The molecule has 0 radical (unpaired) electrons. The largest absolute Gasteiger partial charge is 0.358 e. The van der Waals surface area contributed by atoms with Crippen LogP contribution in [0.1, 0.15) is 46.4 Å². The molecule has 1 fully saturated rings. The monoisotopic (exact) mass is 362 g/mol. The number of carbonyl (C=O) groups is 1. The van der Waals surface area contributed by atoms with Crippen LogP contribution in [0.15, 0.2) is 36.5 Å². The summed E-state index contributed by atoms with van der Waals surface area (Å²) in [6.07, 6.45) is 5.66. The molecule has 5 nitrogen and oxygen atoms in total. The molecule has 5 heteroatoms. The highest BCUT2D eigenvalue weighted by atomic mass is 16.1. The van der Waals surface area contributed by atoms with Crippen LogP contribution in [0.5, 0.6) is 0 Å². The van der Waals surface area contributed by atoms with Gasteiger partial charge in [0, 0.05) is 48.0 Å². The number of anilines is 1. The van der Waals surface area contributed by atoms with E-state index in [1.54, 1.807) is 0 Å². The molecule has 0 atom stereocenters. The first-order valence-electron chi connectivity index (χ1n) is 9.69. The number of hydrogen-bond donors (Lipinski definition) is 2. The van der Waals surface area contributed by atoms with Gasteiger partial charge in [-0.2, -0.15) is 0 Å². The number of aryl methyl sites for hydroxylation is 2. The molecule has 0 saturated carbocycles. The maximum Gasteiger partial charge on any atom is 0.251 e. The van der Waals surface area contributed by atoms with E-state index in [1.807, 2.05) is 24.4 Å². The Morgan fingerprint density at radius 3 is 2.70 bits per heavy atom. The van der Waals surface area contributed by atoms with Crippen molar-refractivity contribution in [1.29, 1.82) is 0 Å². The van der Waals surface area contributed by atoms with Gasteiger partial charge < -0.3 is 15.2 Å².